The summed E-state index contributed by atoms with van der Waals surface area (Å²) in [4.78, 5) is 11.9. The van der Waals surface area contributed by atoms with Gasteiger partial charge in [0.1, 0.15) is 5.82 Å². The number of anilines is 1. The summed E-state index contributed by atoms with van der Waals surface area (Å²) >= 11 is 6.43. The van der Waals surface area contributed by atoms with E-state index in [1.54, 1.807) is 6.08 Å². The molecule has 0 spiro atoms. The van der Waals surface area contributed by atoms with Crippen molar-refractivity contribution in [2.24, 2.45) is 0 Å². The van der Waals surface area contributed by atoms with Crippen LogP contribution in [0.2, 0.25) is 0 Å². The van der Waals surface area contributed by atoms with Crippen LogP contribution in [0.3, 0.4) is 0 Å². The quantitative estimate of drug-likeness (QED) is 0.797. The van der Waals surface area contributed by atoms with E-state index >= 15 is 0 Å². The number of allylic oxidation sites excluding steroid dienone is 2. The van der Waals surface area contributed by atoms with Gasteiger partial charge in [-0.15, -0.1) is 0 Å². The van der Waals surface area contributed by atoms with E-state index in [9.17, 15) is 9.18 Å². The minimum absolute atomic E-state index is 0.271. The molecule has 0 saturated carbocycles. The Morgan fingerprint density at radius 3 is 2.61 bits per heavy atom. The predicted molar refractivity (Wildman–Crippen MR) is 91.7 cm³/mol. The Bertz CT molecular complexity index is 793. The molecule has 116 valence electrons. The van der Waals surface area contributed by atoms with Crippen LogP contribution >= 0.6 is 11.6 Å². The number of halogens is 2. The maximum Gasteiger partial charge on any atom is 0.248 e. The first-order valence-electron chi connectivity index (χ1n) is 7.35. The highest BCUT2D eigenvalue weighted by Crippen LogP contribution is 2.34. The average molecular weight is 328 g/mol. The van der Waals surface area contributed by atoms with Crippen LogP contribution in [0.1, 0.15) is 17.5 Å². The van der Waals surface area contributed by atoms with E-state index in [1.165, 1.54) is 35.9 Å². The topological polar surface area (TPSA) is 29.1 Å². The molecule has 0 radical (unpaired) electrons. The summed E-state index contributed by atoms with van der Waals surface area (Å²) in [6.07, 6.45) is 4.91. The number of benzene rings is 2. The Morgan fingerprint density at radius 1 is 1.09 bits per heavy atom. The standard InChI is InChI=1S/C19H15ClFNO/c20-19-14(6-5-13-3-1-2-4-17(13)19)7-12-18(23)22-16-10-8-15(21)9-11-16/h1-4,7-12H,5-6H2,(H,22,23). The Hall–Kier alpha value is -2.39. The number of hydrogen-bond acceptors (Lipinski definition) is 1. The lowest BCUT2D eigenvalue weighted by Gasteiger charge is -2.17. The normalized spacial score (nSPS) is 14.0. The van der Waals surface area contributed by atoms with Crippen LogP contribution in [0.5, 0.6) is 0 Å². The van der Waals surface area contributed by atoms with Crippen molar-refractivity contribution in [3.8, 4) is 0 Å². The maximum atomic E-state index is 12.8. The van der Waals surface area contributed by atoms with Gasteiger partial charge in [0.2, 0.25) is 5.91 Å². The third-order valence-corrected chi connectivity index (χ3v) is 4.19. The fourth-order valence-electron chi connectivity index (χ4n) is 2.55. The Balaban J connectivity index is 1.72. The van der Waals surface area contributed by atoms with Gasteiger partial charge in [-0.25, -0.2) is 4.39 Å². The molecule has 23 heavy (non-hydrogen) atoms. The Labute approximate surface area is 139 Å². The van der Waals surface area contributed by atoms with Crippen molar-refractivity contribution < 1.29 is 9.18 Å². The second-order valence-corrected chi connectivity index (χ2v) is 5.70. The van der Waals surface area contributed by atoms with Gasteiger partial charge in [-0.05, 0) is 53.8 Å². The van der Waals surface area contributed by atoms with E-state index in [1.807, 2.05) is 18.2 Å². The average Bonchev–Trinajstić information content (AvgIpc) is 2.57. The summed E-state index contributed by atoms with van der Waals surface area (Å²) < 4.78 is 12.8. The minimum Gasteiger partial charge on any atom is -0.323 e. The Morgan fingerprint density at radius 2 is 1.83 bits per heavy atom. The van der Waals surface area contributed by atoms with Gasteiger partial charge >= 0.3 is 0 Å². The molecule has 0 saturated heterocycles. The van der Waals surface area contributed by atoms with Crippen LogP contribution < -0.4 is 5.32 Å². The third-order valence-electron chi connectivity index (χ3n) is 3.75. The first kappa shape index (κ1) is 15.5. The van der Waals surface area contributed by atoms with Crippen molar-refractivity contribution in [3.05, 3.63) is 83.2 Å². The van der Waals surface area contributed by atoms with E-state index in [-0.39, 0.29) is 11.7 Å². The third kappa shape index (κ3) is 3.69. The SMILES string of the molecule is O=C(C=CC1=C(Cl)c2ccccc2CC1)Nc1ccc(F)cc1. The first-order chi connectivity index (χ1) is 11.1. The molecule has 0 atom stereocenters. The molecule has 0 bridgehead atoms. The van der Waals surface area contributed by atoms with E-state index in [0.29, 0.717) is 10.7 Å². The molecule has 0 unspecified atom stereocenters. The minimum atomic E-state index is -0.337. The summed E-state index contributed by atoms with van der Waals surface area (Å²) in [6, 6.07) is 13.7. The maximum absolute atomic E-state index is 12.8. The molecule has 1 aliphatic carbocycles. The number of fused-ring (bicyclic) bond motifs is 1. The second-order valence-electron chi connectivity index (χ2n) is 5.33. The van der Waals surface area contributed by atoms with Crippen molar-refractivity contribution in [1.29, 1.82) is 0 Å². The van der Waals surface area contributed by atoms with Gasteiger partial charge in [0.15, 0.2) is 0 Å². The van der Waals surface area contributed by atoms with Crippen molar-refractivity contribution in [2.75, 3.05) is 5.32 Å². The van der Waals surface area contributed by atoms with Gasteiger partial charge in [0.25, 0.3) is 0 Å². The molecule has 3 rings (SSSR count). The van der Waals surface area contributed by atoms with Gasteiger partial charge in [-0.2, -0.15) is 0 Å². The van der Waals surface area contributed by atoms with Gasteiger partial charge in [0, 0.05) is 11.8 Å². The highest BCUT2D eigenvalue weighted by molar-refractivity contribution is 6.49. The first-order valence-corrected chi connectivity index (χ1v) is 7.73. The van der Waals surface area contributed by atoms with Crippen molar-refractivity contribution >= 4 is 28.2 Å². The summed E-state index contributed by atoms with van der Waals surface area (Å²) in [5.74, 6) is -0.608. The van der Waals surface area contributed by atoms with Gasteiger partial charge in [-0.1, -0.05) is 41.9 Å². The fraction of sp³-hybridized carbons (Fsp3) is 0.105. The monoisotopic (exact) mass is 327 g/mol. The molecule has 0 heterocycles. The lowest BCUT2D eigenvalue weighted by Crippen LogP contribution is -2.08. The smallest absolute Gasteiger partial charge is 0.248 e. The van der Waals surface area contributed by atoms with E-state index in [0.717, 1.165) is 24.0 Å². The van der Waals surface area contributed by atoms with Crippen LogP contribution in [0.15, 0.2) is 66.3 Å². The predicted octanol–water partition coefficient (Wildman–Crippen LogP) is 4.92. The molecule has 4 heteroatoms. The molecule has 0 aliphatic heterocycles. The van der Waals surface area contributed by atoms with Gasteiger partial charge < -0.3 is 5.32 Å². The second kappa shape index (κ2) is 6.80. The largest absolute Gasteiger partial charge is 0.323 e. The van der Waals surface area contributed by atoms with E-state index in [2.05, 4.69) is 11.4 Å². The lowest BCUT2D eigenvalue weighted by atomic mass is 9.92. The molecule has 1 amide bonds. The highest BCUT2D eigenvalue weighted by Gasteiger charge is 2.15. The van der Waals surface area contributed by atoms with Crippen molar-refractivity contribution in [3.63, 3.8) is 0 Å². The fourth-order valence-corrected chi connectivity index (χ4v) is 2.90. The molecule has 2 aromatic carbocycles. The van der Waals surface area contributed by atoms with Crippen molar-refractivity contribution in [1.82, 2.24) is 0 Å². The summed E-state index contributed by atoms with van der Waals surface area (Å²) in [5.41, 5.74) is 3.75. The van der Waals surface area contributed by atoms with Crippen LogP contribution in [0, 0.1) is 5.82 Å². The lowest BCUT2D eigenvalue weighted by molar-refractivity contribution is -0.111. The zero-order valence-corrected chi connectivity index (χ0v) is 13.1. The zero-order valence-electron chi connectivity index (χ0n) is 12.4. The van der Waals surface area contributed by atoms with Crippen LogP contribution in [-0.4, -0.2) is 5.91 Å². The number of amides is 1. The van der Waals surface area contributed by atoms with Crippen LogP contribution in [0.25, 0.3) is 5.03 Å². The number of hydrogen-bond donors (Lipinski definition) is 1. The number of nitrogens with one attached hydrogen (secondary N) is 1. The highest BCUT2D eigenvalue weighted by atomic mass is 35.5. The molecule has 0 aromatic heterocycles. The summed E-state index contributed by atoms with van der Waals surface area (Å²) in [5, 5.41) is 3.38. The number of rotatable bonds is 3. The molecule has 0 fully saturated rings. The van der Waals surface area contributed by atoms with Crippen LogP contribution in [-0.2, 0) is 11.2 Å². The summed E-state index contributed by atoms with van der Waals surface area (Å²) in [6.45, 7) is 0. The van der Waals surface area contributed by atoms with Crippen LogP contribution in [0.4, 0.5) is 10.1 Å². The molecule has 2 aromatic rings. The van der Waals surface area contributed by atoms with E-state index < -0.39 is 0 Å². The molecular weight excluding hydrogens is 313 g/mol. The summed E-state index contributed by atoms with van der Waals surface area (Å²) in [7, 11) is 0. The molecule has 2 nitrogen and oxygen atoms in total. The number of aryl methyl sites for hydroxylation is 1. The zero-order chi connectivity index (χ0) is 16.2. The molecule has 1 aliphatic rings. The number of carbonyl (C=O) groups is 1. The molecule has 1 N–H and O–H groups in total. The Kier molecular flexibility index (Phi) is 4.58. The van der Waals surface area contributed by atoms with Gasteiger partial charge in [0.05, 0.1) is 5.03 Å². The van der Waals surface area contributed by atoms with E-state index in [4.69, 9.17) is 11.6 Å². The van der Waals surface area contributed by atoms with Gasteiger partial charge in [-0.3, -0.25) is 4.79 Å². The number of carbonyl (C=O) groups excluding carboxylic acids is 1. The van der Waals surface area contributed by atoms with Crippen molar-refractivity contribution in [2.45, 2.75) is 12.8 Å². The molecular formula is C19H15ClFNO.